The lowest BCUT2D eigenvalue weighted by atomic mass is 9.92. The molecule has 0 aliphatic carbocycles. The van der Waals surface area contributed by atoms with Gasteiger partial charge in [0.15, 0.2) is 0 Å². The Hall–Kier alpha value is -1.73. The number of benzene rings is 1. The van der Waals surface area contributed by atoms with Gasteiger partial charge in [-0.25, -0.2) is 8.78 Å². The highest BCUT2D eigenvalue weighted by molar-refractivity contribution is 5.79. The molecule has 0 saturated carbocycles. The van der Waals surface area contributed by atoms with Gasteiger partial charge in [-0.1, -0.05) is 19.3 Å². The second-order valence-electron chi connectivity index (χ2n) is 7.89. The summed E-state index contributed by atoms with van der Waals surface area (Å²) in [6.45, 7) is 3.11. The highest BCUT2D eigenvalue weighted by Gasteiger charge is 2.29. The minimum atomic E-state index is -0.768. The van der Waals surface area contributed by atoms with E-state index in [1.807, 2.05) is 0 Å². The normalized spacial score (nSPS) is 18.2. The summed E-state index contributed by atoms with van der Waals surface area (Å²) in [4.78, 5) is 13.3. The predicted molar refractivity (Wildman–Crippen MR) is 102 cm³/mol. The smallest absolute Gasteiger partial charge is 0.227 e. The zero-order valence-electron chi connectivity index (χ0n) is 16.3. The van der Waals surface area contributed by atoms with Gasteiger partial charge in [-0.3, -0.25) is 4.79 Å². The van der Waals surface area contributed by atoms with Crippen LogP contribution in [0.2, 0.25) is 0 Å². The third kappa shape index (κ3) is 5.88. The van der Waals surface area contributed by atoms with Gasteiger partial charge in [0.2, 0.25) is 5.91 Å². The average Bonchev–Trinajstić information content (AvgIpc) is 2.65. The van der Waals surface area contributed by atoms with Crippen LogP contribution >= 0.6 is 0 Å². The first-order valence-electron chi connectivity index (χ1n) is 10.3. The largest absolute Gasteiger partial charge is 0.493 e. The lowest BCUT2D eigenvalue weighted by molar-refractivity contribution is -0.140. The molecule has 2 aliphatic rings. The minimum absolute atomic E-state index is 0.156. The van der Waals surface area contributed by atoms with E-state index < -0.39 is 17.7 Å². The fourth-order valence-electron chi connectivity index (χ4n) is 3.83. The van der Waals surface area contributed by atoms with Gasteiger partial charge in [-0.15, -0.1) is 0 Å². The molecule has 7 heteroatoms. The molecule has 0 unspecified atom stereocenters. The van der Waals surface area contributed by atoms with Crippen molar-refractivity contribution in [2.24, 2.45) is 5.92 Å². The molecular weight excluding hydrogens is 366 g/mol. The van der Waals surface area contributed by atoms with Crippen LogP contribution in [-0.4, -0.2) is 54.8 Å². The van der Waals surface area contributed by atoms with Gasteiger partial charge in [0.05, 0.1) is 19.1 Å². The summed E-state index contributed by atoms with van der Waals surface area (Å²) >= 11 is 0. The SMILES string of the molecule is O=C(Cc1c(F)cc(OCCCCCC2CCNCC2)cc1F)N1CC(O)C1. The van der Waals surface area contributed by atoms with Crippen molar-refractivity contribution in [3.63, 3.8) is 0 Å². The van der Waals surface area contributed by atoms with E-state index >= 15 is 0 Å². The van der Waals surface area contributed by atoms with Crippen LogP contribution in [-0.2, 0) is 11.2 Å². The molecule has 1 aromatic carbocycles. The number of halogens is 2. The van der Waals surface area contributed by atoms with Crippen molar-refractivity contribution in [2.75, 3.05) is 32.8 Å². The minimum Gasteiger partial charge on any atom is -0.493 e. The Morgan fingerprint density at radius 3 is 2.46 bits per heavy atom. The number of amides is 1. The maximum Gasteiger partial charge on any atom is 0.227 e. The Labute approximate surface area is 165 Å². The number of carbonyl (C=O) groups excluding carboxylic acids is 1. The van der Waals surface area contributed by atoms with E-state index in [1.54, 1.807) is 0 Å². The van der Waals surface area contributed by atoms with Gasteiger partial charge in [0, 0.05) is 30.8 Å². The van der Waals surface area contributed by atoms with Gasteiger partial charge in [0.1, 0.15) is 17.4 Å². The molecule has 0 atom stereocenters. The van der Waals surface area contributed by atoms with Gasteiger partial charge in [0.25, 0.3) is 0 Å². The molecule has 5 nitrogen and oxygen atoms in total. The van der Waals surface area contributed by atoms with Crippen molar-refractivity contribution in [3.8, 4) is 5.75 Å². The first-order chi connectivity index (χ1) is 13.5. The van der Waals surface area contributed by atoms with Crippen molar-refractivity contribution in [2.45, 2.75) is 51.0 Å². The van der Waals surface area contributed by atoms with Crippen LogP contribution in [0.5, 0.6) is 5.75 Å². The van der Waals surface area contributed by atoms with E-state index in [0.717, 1.165) is 50.4 Å². The number of ether oxygens (including phenoxy) is 1. The van der Waals surface area contributed by atoms with Crippen LogP contribution in [0.4, 0.5) is 8.78 Å². The second-order valence-corrected chi connectivity index (χ2v) is 7.89. The molecule has 2 N–H and O–H groups in total. The Kier molecular flexibility index (Phi) is 7.62. The number of piperidine rings is 1. The number of rotatable bonds is 9. The molecule has 0 radical (unpaired) electrons. The standard InChI is InChI=1S/C21H30F2N2O3/c22-19-10-17(28-9-3-1-2-4-15-5-7-24-8-6-15)11-20(23)18(19)12-21(27)25-13-16(26)14-25/h10-11,15-16,24,26H,1-9,12-14H2. The quantitative estimate of drug-likeness (QED) is 0.630. The van der Waals surface area contributed by atoms with Gasteiger partial charge < -0.3 is 20.1 Å². The molecule has 28 heavy (non-hydrogen) atoms. The molecule has 1 aromatic rings. The topological polar surface area (TPSA) is 61.8 Å². The van der Waals surface area contributed by atoms with E-state index in [9.17, 15) is 18.7 Å². The van der Waals surface area contributed by atoms with Crippen LogP contribution in [0.15, 0.2) is 12.1 Å². The first-order valence-corrected chi connectivity index (χ1v) is 10.3. The maximum absolute atomic E-state index is 14.2. The Bertz CT molecular complexity index is 636. The van der Waals surface area contributed by atoms with Crippen molar-refractivity contribution < 1.29 is 23.4 Å². The molecule has 3 rings (SSSR count). The number of nitrogens with one attached hydrogen (secondary N) is 1. The van der Waals surface area contributed by atoms with Crippen LogP contribution in [0.25, 0.3) is 0 Å². The third-order valence-electron chi connectivity index (χ3n) is 5.64. The molecule has 0 aromatic heterocycles. The monoisotopic (exact) mass is 396 g/mol. The molecular formula is C21H30F2N2O3. The highest BCUT2D eigenvalue weighted by Crippen LogP contribution is 2.23. The number of likely N-dealkylation sites (tertiary alicyclic amines) is 1. The van der Waals surface area contributed by atoms with E-state index in [2.05, 4.69) is 5.32 Å². The molecule has 156 valence electrons. The summed E-state index contributed by atoms with van der Waals surface area (Å²) < 4.78 is 33.9. The summed E-state index contributed by atoms with van der Waals surface area (Å²) in [6.07, 6.45) is 5.92. The lowest BCUT2D eigenvalue weighted by Gasteiger charge is -2.36. The second kappa shape index (κ2) is 10.2. The third-order valence-corrected chi connectivity index (χ3v) is 5.64. The number of hydrogen-bond donors (Lipinski definition) is 2. The number of aliphatic hydroxyl groups excluding tert-OH is 1. The molecule has 0 spiro atoms. The fourth-order valence-corrected chi connectivity index (χ4v) is 3.83. The van der Waals surface area contributed by atoms with E-state index in [4.69, 9.17) is 4.74 Å². The molecule has 2 heterocycles. The molecule has 1 amide bonds. The Balaban J connectivity index is 1.38. The van der Waals surface area contributed by atoms with Gasteiger partial charge >= 0.3 is 0 Å². The summed E-state index contributed by atoms with van der Waals surface area (Å²) in [7, 11) is 0. The molecule has 2 aliphatic heterocycles. The van der Waals surface area contributed by atoms with Crippen molar-refractivity contribution >= 4 is 5.91 Å². The van der Waals surface area contributed by atoms with E-state index in [0.29, 0.717) is 6.61 Å². The summed E-state index contributed by atoms with van der Waals surface area (Å²) in [6, 6.07) is 2.29. The fraction of sp³-hybridized carbons (Fsp3) is 0.667. The van der Waals surface area contributed by atoms with Crippen molar-refractivity contribution in [1.82, 2.24) is 10.2 Å². The predicted octanol–water partition coefficient (Wildman–Crippen LogP) is 2.65. The van der Waals surface area contributed by atoms with E-state index in [1.165, 1.54) is 24.2 Å². The first kappa shape index (κ1) is 21.0. The lowest BCUT2D eigenvalue weighted by Crippen LogP contribution is -2.54. The van der Waals surface area contributed by atoms with Gasteiger partial charge in [-0.2, -0.15) is 0 Å². The number of hydrogen-bond acceptors (Lipinski definition) is 4. The number of carbonyl (C=O) groups is 1. The molecule has 2 fully saturated rings. The van der Waals surface area contributed by atoms with Crippen LogP contribution in [0, 0.1) is 17.6 Å². The number of aliphatic hydroxyl groups is 1. The molecule has 2 saturated heterocycles. The van der Waals surface area contributed by atoms with Crippen molar-refractivity contribution in [3.05, 3.63) is 29.3 Å². The molecule has 0 bridgehead atoms. The summed E-state index contributed by atoms with van der Waals surface area (Å²) in [5.74, 6) is -0.944. The zero-order chi connectivity index (χ0) is 19.9. The number of β-amino-alcohol motifs (C(OH)–C–C–N with tert-alkyl or cyclic N) is 1. The summed E-state index contributed by atoms with van der Waals surface area (Å²) in [5.41, 5.74) is -0.249. The maximum atomic E-state index is 14.2. The van der Waals surface area contributed by atoms with Gasteiger partial charge in [-0.05, 0) is 38.3 Å². The van der Waals surface area contributed by atoms with Crippen LogP contribution in [0.1, 0.15) is 44.1 Å². The van der Waals surface area contributed by atoms with Crippen molar-refractivity contribution in [1.29, 1.82) is 0 Å². The highest BCUT2D eigenvalue weighted by atomic mass is 19.1. The van der Waals surface area contributed by atoms with E-state index in [-0.39, 0.29) is 36.7 Å². The Morgan fingerprint density at radius 2 is 1.82 bits per heavy atom. The zero-order valence-corrected chi connectivity index (χ0v) is 16.3. The van der Waals surface area contributed by atoms with Crippen LogP contribution < -0.4 is 10.1 Å². The Morgan fingerprint density at radius 1 is 1.14 bits per heavy atom. The number of nitrogens with zero attached hydrogens (tertiary/aromatic N) is 1. The average molecular weight is 396 g/mol. The summed E-state index contributed by atoms with van der Waals surface area (Å²) in [5, 5.41) is 12.6. The number of unbranched alkanes of at least 4 members (excludes halogenated alkanes) is 2. The van der Waals surface area contributed by atoms with Crippen LogP contribution in [0.3, 0.4) is 0 Å².